The summed E-state index contributed by atoms with van der Waals surface area (Å²) in [6.45, 7) is 0.718. The number of halogens is 1. The lowest BCUT2D eigenvalue weighted by Gasteiger charge is -2.22. The van der Waals surface area contributed by atoms with E-state index in [0.29, 0.717) is 35.0 Å². The molecular formula is C23H23FN8O2. The molecule has 2 aliphatic rings. The van der Waals surface area contributed by atoms with Gasteiger partial charge in [-0.1, -0.05) is 5.16 Å². The molecule has 2 N–H and O–H groups in total. The number of methoxy groups -OCH3 is 1. The van der Waals surface area contributed by atoms with Crippen LogP contribution in [0.3, 0.4) is 0 Å². The van der Waals surface area contributed by atoms with Crippen molar-refractivity contribution in [1.82, 2.24) is 30.3 Å². The molecule has 0 aromatic carbocycles. The van der Waals surface area contributed by atoms with Crippen LogP contribution in [-0.4, -0.2) is 44.0 Å². The van der Waals surface area contributed by atoms with Crippen LogP contribution in [0.4, 0.5) is 22.0 Å². The third-order valence-corrected chi connectivity index (χ3v) is 6.20. The summed E-state index contributed by atoms with van der Waals surface area (Å²) in [6.07, 6.45) is 6.91. The van der Waals surface area contributed by atoms with Gasteiger partial charge in [0.2, 0.25) is 11.8 Å². The van der Waals surface area contributed by atoms with E-state index in [1.807, 2.05) is 29.2 Å². The van der Waals surface area contributed by atoms with Crippen molar-refractivity contribution in [3.05, 3.63) is 53.9 Å². The first-order valence-electron chi connectivity index (χ1n) is 11.3. The first-order valence-corrected chi connectivity index (χ1v) is 11.3. The standard InChI is InChI=1S/C23H23FN8O2/c1-33-22-14(4-2-8-25-22)17-10-19(34-31-17)18-5-3-9-32(18)23-26-12-15(24)21(28-23)27-20-11-16(29-30-20)13-6-7-13/h2,4,8,10-13,18H,3,5-7,9H2,1H3,(H2,26,27,28,29,30). The molecular weight excluding hydrogens is 439 g/mol. The fourth-order valence-electron chi connectivity index (χ4n) is 4.33. The Morgan fingerprint density at radius 2 is 2.15 bits per heavy atom. The van der Waals surface area contributed by atoms with E-state index in [2.05, 4.69) is 35.6 Å². The lowest BCUT2D eigenvalue weighted by atomic mass is 10.1. The van der Waals surface area contributed by atoms with Crippen LogP contribution in [0.2, 0.25) is 0 Å². The lowest BCUT2D eigenvalue weighted by molar-refractivity contribution is 0.361. The minimum atomic E-state index is -0.541. The van der Waals surface area contributed by atoms with Gasteiger partial charge in [-0.2, -0.15) is 10.1 Å². The van der Waals surface area contributed by atoms with Crippen LogP contribution in [0.15, 0.2) is 41.2 Å². The molecule has 1 aliphatic heterocycles. The van der Waals surface area contributed by atoms with Crippen LogP contribution in [0.25, 0.3) is 11.3 Å². The smallest absolute Gasteiger partial charge is 0.228 e. The van der Waals surface area contributed by atoms with Gasteiger partial charge in [0.1, 0.15) is 5.69 Å². The topological polar surface area (TPSA) is 118 Å². The van der Waals surface area contributed by atoms with Gasteiger partial charge in [0.15, 0.2) is 23.2 Å². The maximum absolute atomic E-state index is 14.5. The Morgan fingerprint density at radius 1 is 1.24 bits per heavy atom. The van der Waals surface area contributed by atoms with Gasteiger partial charge < -0.3 is 19.5 Å². The molecule has 34 heavy (non-hydrogen) atoms. The second-order valence-electron chi connectivity index (χ2n) is 8.50. The minimum absolute atomic E-state index is 0.0860. The summed E-state index contributed by atoms with van der Waals surface area (Å²) in [4.78, 5) is 15.0. The SMILES string of the molecule is COc1ncccc1-c1cc(C2CCCN2c2ncc(F)c(Nc3cc(C4CC4)[nH]n3)n2)on1. The van der Waals surface area contributed by atoms with Crippen LogP contribution >= 0.6 is 0 Å². The molecule has 1 saturated carbocycles. The number of H-pyrrole nitrogens is 1. The van der Waals surface area contributed by atoms with Gasteiger partial charge in [-0.05, 0) is 37.8 Å². The number of anilines is 3. The number of rotatable bonds is 7. The summed E-state index contributed by atoms with van der Waals surface area (Å²) in [5, 5.41) is 14.5. The Hall–Kier alpha value is -4.02. The maximum atomic E-state index is 14.5. The molecule has 174 valence electrons. The van der Waals surface area contributed by atoms with Crippen molar-refractivity contribution in [2.75, 3.05) is 23.9 Å². The van der Waals surface area contributed by atoms with Crippen LogP contribution in [0, 0.1) is 5.82 Å². The third-order valence-electron chi connectivity index (χ3n) is 6.20. The molecule has 6 rings (SSSR count). The average molecular weight is 462 g/mol. The van der Waals surface area contributed by atoms with E-state index >= 15 is 0 Å². The molecule has 1 aliphatic carbocycles. The number of pyridine rings is 1. The number of hydrogen-bond donors (Lipinski definition) is 2. The first-order chi connectivity index (χ1) is 16.7. The number of aromatic amines is 1. The summed E-state index contributed by atoms with van der Waals surface area (Å²) in [5.41, 5.74) is 2.45. The molecule has 10 nitrogen and oxygen atoms in total. The van der Waals surface area contributed by atoms with Crippen LogP contribution in [0.5, 0.6) is 5.88 Å². The fraction of sp³-hybridized carbons (Fsp3) is 0.348. The van der Waals surface area contributed by atoms with E-state index in [-0.39, 0.29) is 11.9 Å². The molecule has 1 saturated heterocycles. The molecule has 4 aromatic heterocycles. The Kier molecular flexibility index (Phi) is 5.08. The van der Waals surface area contributed by atoms with Crippen molar-refractivity contribution in [3.8, 4) is 17.1 Å². The monoisotopic (exact) mass is 462 g/mol. The van der Waals surface area contributed by atoms with E-state index in [4.69, 9.17) is 9.26 Å². The van der Waals surface area contributed by atoms with Crippen molar-refractivity contribution in [1.29, 1.82) is 0 Å². The summed E-state index contributed by atoms with van der Waals surface area (Å²) < 4.78 is 25.6. The van der Waals surface area contributed by atoms with Crippen molar-refractivity contribution in [3.63, 3.8) is 0 Å². The Balaban J connectivity index is 1.25. The molecule has 0 radical (unpaired) electrons. The molecule has 5 heterocycles. The molecule has 0 amide bonds. The van der Waals surface area contributed by atoms with Crippen molar-refractivity contribution in [2.24, 2.45) is 0 Å². The molecule has 1 atom stereocenters. The largest absolute Gasteiger partial charge is 0.481 e. The summed E-state index contributed by atoms with van der Waals surface area (Å²) in [5.74, 6) is 2.19. The number of nitrogens with zero attached hydrogens (tertiary/aromatic N) is 6. The van der Waals surface area contributed by atoms with E-state index in [1.54, 1.807) is 13.3 Å². The predicted octanol–water partition coefficient (Wildman–Crippen LogP) is 4.36. The molecule has 11 heteroatoms. The summed E-state index contributed by atoms with van der Waals surface area (Å²) >= 11 is 0. The number of hydrogen-bond acceptors (Lipinski definition) is 9. The van der Waals surface area contributed by atoms with Gasteiger partial charge in [-0.15, -0.1) is 0 Å². The highest BCUT2D eigenvalue weighted by Crippen LogP contribution is 2.40. The second kappa shape index (κ2) is 8.40. The van der Waals surface area contributed by atoms with Crippen LogP contribution in [0.1, 0.15) is 49.1 Å². The number of nitrogens with one attached hydrogen (secondary N) is 2. The fourth-order valence-corrected chi connectivity index (χ4v) is 4.33. The zero-order valence-electron chi connectivity index (χ0n) is 18.5. The highest BCUT2D eigenvalue weighted by atomic mass is 19.1. The summed E-state index contributed by atoms with van der Waals surface area (Å²) in [6, 6.07) is 7.37. The van der Waals surface area contributed by atoms with E-state index < -0.39 is 5.82 Å². The quantitative estimate of drug-likeness (QED) is 0.413. The molecule has 0 bridgehead atoms. The normalized spacial score (nSPS) is 17.8. The van der Waals surface area contributed by atoms with E-state index in [1.165, 1.54) is 6.20 Å². The minimum Gasteiger partial charge on any atom is -0.481 e. The Morgan fingerprint density at radius 3 is 3.00 bits per heavy atom. The van der Waals surface area contributed by atoms with Crippen molar-refractivity contribution >= 4 is 17.6 Å². The zero-order chi connectivity index (χ0) is 23.1. The lowest BCUT2D eigenvalue weighted by Crippen LogP contribution is -2.24. The van der Waals surface area contributed by atoms with Crippen LogP contribution in [-0.2, 0) is 0 Å². The molecule has 2 fully saturated rings. The van der Waals surface area contributed by atoms with Gasteiger partial charge in [-0.3, -0.25) is 5.10 Å². The van der Waals surface area contributed by atoms with E-state index in [0.717, 1.165) is 43.5 Å². The zero-order valence-corrected chi connectivity index (χ0v) is 18.5. The first kappa shape index (κ1) is 20.6. The molecule has 1 unspecified atom stereocenters. The number of ether oxygens (including phenoxy) is 1. The molecule has 0 spiro atoms. The molecule has 4 aromatic rings. The highest BCUT2D eigenvalue weighted by Gasteiger charge is 2.32. The maximum Gasteiger partial charge on any atom is 0.228 e. The summed E-state index contributed by atoms with van der Waals surface area (Å²) in [7, 11) is 1.57. The van der Waals surface area contributed by atoms with Crippen molar-refractivity contribution in [2.45, 2.75) is 37.6 Å². The van der Waals surface area contributed by atoms with Gasteiger partial charge in [0, 0.05) is 36.5 Å². The van der Waals surface area contributed by atoms with Crippen LogP contribution < -0.4 is 15.0 Å². The van der Waals surface area contributed by atoms with Crippen molar-refractivity contribution < 1.29 is 13.7 Å². The number of aromatic nitrogens is 6. The Bertz CT molecular complexity index is 1320. The highest BCUT2D eigenvalue weighted by molar-refractivity contribution is 5.65. The average Bonchev–Trinajstić information content (AvgIpc) is 3.25. The Labute approximate surface area is 194 Å². The second-order valence-corrected chi connectivity index (χ2v) is 8.50. The van der Waals surface area contributed by atoms with E-state index in [9.17, 15) is 4.39 Å². The van der Waals surface area contributed by atoms with Gasteiger partial charge in [0.05, 0.1) is 24.9 Å². The predicted molar refractivity (Wildman–Crippen MR) is 121 cm³/mol. The van der Waals surface area contributed by atoms with Gasteiger partial charge >= 0.3 is 0 Å². The third kappa shape index (κ3) is 3.82. The van der Waals surface area contributed by atoms with Gasteiger partial charge in [0.25, 0.3) is 0 Å². The van der Waals surface area contributed by atoms with Gasteiger partial charge in [-0.25, -0.2) is 14.4 Å².